The molecule has 4 heteroatoms. The number of rotatable bonds is 2. The summed E-state index contributed by atoms with van der Waals surface area (Å²) in [7, 11) is 1.66. The summed E-state index contributed by atoms with van der Waals surface area (Å²) in [4.78, 5) is 0. The van der Waals surface area contributed by atoms with Gasteiger partial charge in [-0.25, -0.2) is 4.68 Å². The van der Waals surface area contributed by atoms with Crippen LogP contribution in [0.5, 0.6) is 5.75 Å². The molecule has 0 saturated heterocycles. The number of hydrogen-bond donors (Lipinski definition) is 0. The largest absolute Gasteiger partial charge is 0.494 e. The van der Waals surface area contributed by atoms with Crippen LogP contribution >= 0.6 is 15.9 Å². The fourth-order valence-corrected chi connectivity index (χ4v) is 1.80. The molecular formula is C11H11BrN2O. The summed E-state index contributed by atoms with van der Waals surface area (Å²) in [5.74, 6) is 0.810. The highest BCUT2D eigenvalue weighted by atomic mass is 79.9. The Hall–Kier alpha value is -1.29. The van der Waals surface area contributed by atoms with Gasteiger partial charge in [-0.15, -0.1) is 0 Å². The van der Waals surface area contributed by atoms with Crippen molar-refractivity contribution < 1.29 is 4.74 Å². The van der Waals surface area contributed by atoms with Crippen LogP contribution in [0.1, 0.15) is 5.69 Å². The van der Waals surface area contributed by atoms with Crippen molar-refractivity contribution in [3.63, 3.8) is 0 Å². The fourth-order valence-electron chi connectivity index (χ4n) is 1.45. The standard InChI is InChI=1S/C11H11BrN2O/c1-8-5-6-13-14(8)10-7-9(12)3-4-11(10)15-2/h3-7H,1-2H3. The maximum Gasteiger partial charge on any atom is 0.144 e. The normalized spacial score (nSPS) is 10.3. The lowest BCUT2D eigenvalue weighted by atomic mass is 10.3. The van der Waals surface area contributed by atoms with Gasteiger partial charge in [0.05, 0.1) is 7.11 Å². The van der Waals surface area contributed by atoms with Crippen molar-refractivity contribution in [2.24, 2.45) is 0 Å². The number of methoxy groups -OCH3 is 1. The van der Waals surface area contributed by atoms with E-state index in [1.54, 1.807) is 13.3 Å². The molecule has 0 N–H and O–H groups in total. The predicted molar refractivity (Wildman–Crippen MR) is 62.6 cm³/mol. The maximum atomic E-state index is 5.30. The molecule has 0 saturated carbocycles. The van der Waals surface area contributed by atoms with Crippen molar-refractivity contribution in [3.8, 4) is 11.4 Å². The van der Waals surface area contributed by atoms with Gasteiger partial charge >= 0.3 is 0 Å². The lowest BCUT2D eigenvalue weighted by Gasteiger charge is -2.10. The monoisotopic (exact) mass is 266 g/mol. The molecular weight excluding hydrogens is 256 g/mol. The second kappa shape index (κ2) is 4.06. The summed E-state index contributed by atoms with van der Waals surface area (Å²) < 4.78 is 8.16. The third kappa shape index (κ3) is 1.90. The van der Waals surface area contributed by atoms with E-state index in [1.807, 2.05) is 35.9 Å². The number of halogens is 1. The third-order valence-electron chi connectivity index (χ3n) is 2.20. The van der Waals surface area contributed by atoms with Crippen LogP contribution in [0.25, 0.3) is 5.69 Å². The molecule has 0 unspecified atom stereocenters. The molecule has 15 heavy (non-hydrogen) atoms. The van der Waals surface area contributed by atoms with Crippen LogP contribution in [0.2, 0.25) is 0 Å². The van der Waals surface area contributed by atoms with Crippen LogP contribution in [0, 0.1) is 6.92 Å². The van der Waals surface area contributed by atoms with Crippen molar-refractivity contribution >= 4 is 15.9 Å². The van der Waals surface area contributed by atoms with E-state index < -0.39 is 0 Å². The SMILES string of the molecule is COc1ccc(Br)cc1-n1nccc1C. The van der Waals surface area contributed by atoms with Gasteiger partial charge in [0.15, 0.2) is 0 Å². The Bertz CT molecular complexity index is 479. The van der Waals surface area contributed by atoms with Crippen LogP contribution in [-0.4, -0.2) is 16.9 Å². The Labute approximate surface area is 96.8 Å². The molecule has 3 nitrogen and oxygen atoms in total. The molecule has 1 aromatic carbocycles. The third-order valence-corrected chi connectivity index (χ3v) is 2.69. The molecule has 1 aromatic heterocycles. The molecule has 2 rings (SSSR count). The molecule has 0 aliphatic heterocycles. The summed E-state index contributed by atoms with van der Waals surface area (Å²) >= 11 is 3.44. The summed E-state index contributed by atoms with van der Waals surface area (Å²) in [6.07, 6.45) is 1.77. The minimum Gasteiger partial charge on any atom is -0.494 e. The van der Waals surface area contributed by atoms with E-state index in [4.69, 9.17) is 4.74 Å². The second-order valence-electron chi connectivity index (χ2n) is 3.20. The van der Waals surface area contributed by atoms with Crippen LogP contribution in [-0.2, 0) is 0 Å². The average Bonchev–Trinajstić information content (AvgIpc) is 2.64. The van der Waals surface area contributed by atoms with Crippen molar-refractivity contribution in [2.45, 2.75) is 6.92 Å². The summed E-state index contributed by atoms with van der Waals surface area (Å²) in [6.45, 7) is 2.01. The highest BCUT2D eigenvalue weighted by Crippen LogP contribution is 2.26. The lowest BCUT2D eigenvalue weighted by molar-refractivity contribution is 0.411. The van der Waals surface area contributed by atoms with Gasteiger partial charge in [0, 0.05) is 16.4 Å². The Morgan fingerprint density at radius 3 is 2.73 bits per heavy atom. The minimum absolute atomic E-state index is 0.810. The van der Waals surface area contributed by atoms with Gasteiger partial charge in [0.25, 0.3) is 0 Å². The average molecular weight is 267 g/mol. The van der Waals surface area contributed by atoms with Crippen molar-refractivity contribution in [2.75, 3.05) is 7.11 Å². The number of benzene rings is 1. The second-order valence-corrected chi connectivity index (χ2v) is 4.12. The highest BCUT2D eigenvalue weighted by molar-refractivity contribution is 9.10. The van der Waals surface area contributed by atoms with E-state index in [-0.39, 0.29) is 0 Å². The molecule has 0 aliphatic carbocycles. The molecule has 0 amide bonds. The number of ether oxygens (including phenoxy) is 1. The first kappa shape index (κ1) is 10.2. The van der Waals surface area contributed by atoms with Gasteiger partial charge < -0.3 is 4.74 Å². The summed E-state index contributed by atoms with van der Waals surface area (Å²) in [5.41, 5.74) is 2.01. The molecule has 0 aliphatic rings. The van der Waals surface area contributed by atoms with E-state index in [0.717, 1.165) is 21.6 Å². The van der Waals surface area contributed by atoms with E-state index >= 15 is 0 Å². The Morgan fingerprint density at radius 2 is 2.13 bits per heavy atom. The first-order chi connectivity index (χ1) is 7.22. The smallest absolute Gasteiger partial charge is 0.144 e. The van der Waals surface area contributed by atoms with Gasteiger partial charge in [-0.3, -0.25) is 0 Å². The zero-order chi connectivity index (χ0) is 10.8. The molecule has 0 bridgehead atoms. The summed E-state index contributed by atoms with van der Waals surface area (Å²) in [6, 6.07) is 7.81. The van der Waals surface area contributed by atoms with Crippen molar-refractivity contribution in [1.29, 1.82) is 0 Å². The zero-order valence-corrected chi connectivity index (χ0v) is 10.2. The van der Waals surface area contributed by atoms with Crippen LogP contribution in [0.4, 0.5) is 0 Å². The van der Waals surface area contributed by atoms with E-state index in [9.17, 15) is 0 Å². The summed E-state index contributed by atoms with van der Waals surface area (Å²) in [5, 5.41) is 4.25. The van der Waals surface area contributed by atoms with Gasteiger partial charge in [-0.2, -0.15) is 5.10 Å². The van der Waals surface area contributed by atoms with Gasteiger partial charge in [-0.05, 0) is 31.2 Å². The maximum absolute atomic E-state index is 5.30. The number of hydrogen-bond acceptors (Lipinski definition) is 2. The Kier molecular flexibility index (Phi) is 2.77. The number of aromatic nitrogens is 2. The van der Waals surface area contributed by atoms with Gasteiger partial charge in [0.1, 0.15) is 11.4 Å². The van der Waals surface area contributed by atoms with Gasteiger partial charge in [-0.1, -0.05) is 15.9 Å². The quantitative estimate of drug-likeness (QED) is 0.836. The molecule has 0 spiro atoms. The minimum atomic E-state index is 0.810. The van der Waals surface area contributed by atoms with E-state index in [2.05, 4.69) is 21.0 Å². The number of aryl methyl sites for hydroxylation is 1. The first-order valence-corrected chi connectivity index (χ1v) is 5.36. The van der Waals surface area contributed by atoms with E-state index in [0.29, 0.717) is 0 Å². The topological polar surface area (TPSA) is 27.1 Å². The highest BCUT2D eigenvalue weighted by Gasteiger charge is 2.08. The first-order valence-electron chi connectivity index (χ1n) is 4.57. The molecule has 2 aromatic rings. The number of nitrogens with zero attached hydrogens (tertiary/aromatic N) is 2. The Morgan fingerprint density at radius 1 is 1.33 bits per heavy atom. The molecule has 1 heterocycles. The van der Waals surface area contributed by atoms with Crippen molar-refractivity contribution in [3.05, 3.63) is 40.6 Å². The lowest BCUT2D eigenvalue weighted by Crippen LogP contribution is -2.01. The Balaban J connectivity index is 2.60. The van der Waals surface area contributed by atoms with Crippen LogP contribution in [0.15, 0.2) is 34.9 Å². The van der Waals surface area contributed by atoms with Crippen LogP contribution in [0.3, 0.4) is 0 Å². The zero-order valence-electron chi connectivity index (χ0n) is 8.57. The molecule has 78 valence electrons. The predicted octanol–water partition coefficient (Wildman–Crippen LogP) is 2.95. The van der Waals surface area contributed by atoms with Crippen molar-refractivity contribution in [1.82, 2.24) is 9.78 Å². The molecule has 0 atom stereocenters. The van der Waals surface area contributed by atoms with E-state index in [1.165, 1.54) is 0 Å². The fraction of sp³-hybridized carbons (Fsp3) is 0.182. The molecule has 0 radical (unpaired) electrons. The molecule has 0 fully saturated rings. The van der Waals surface area contributed by atoms with Gasteiger partial charge in [0.2, 0.25) is 0 Å². The van der Waals surface area contributed by atoms with Crippen LogP contribution < -0.4 is 4.74 Å².